The third-order valence-electron chi connectivity index (χ3n) is 3.23. The number of carbonyl (C=O) groups excluding carboxylic acids is 1. The van der Waals surface area contributed by atoms with E-state index in [1.165, 1.54) is 5.56 Å². The lowest BCUT2D eigenvalue weighted by molar-refractivity contribution is -0.120. The Morgan fingerprint density at radius 3 is 2.94 bits per heavy atom. The van der Waals surface area contributed by atoms with Gasteiger partial charge in [0.15, 0.2) is 6.61 Å². The number of anilines is 1. The number of likely N-dealkylation sites (N-methyl/N-ethyl adjacent to an activating group) is 1. The van der Waals surface area contributed by atoms with Gasteiger partial charge in [0, 0.05) is 13.7 Å². The van der Waals surface area contributed by atoms with E-state index in [1.807, 2.05) is 18.2 Å². The Morgan fingerprint density at radius 2 is 2.17 bits per heavy atom. The molecular weight excluding hydrogens is 230 g/mol. The number of carbonyl (C=O) groups is 1. The monoisotopic (exact) mass is 249 g/mol. The molecular formula is C14H19NO3. The van der Waals surface area contributed by atoms with Crippen LogP contribution < -0.4 is 9.64 Å². The predicted molar refractivity (Wildman–Crippen MR) is 70.0 cm³/mol. The summed E-state index contributed by atoms with van der Waals surface area (Å²) in [6.45, 7) is 0.384. The van der Waals surface area contributed by atoms with Crippen molar-refractivity contribution in [2.75, 3.05) is 25.2 Å². The first-order valence-corrected chi connectivity index (χ1v) is 6.35. The highest BCUT2D eigenvalue weighted by molar-refractivity contribution is 5.97. The van der Waals surface area contributed by atoms with Gasteiger partial charge in [-0.05, 0) is 37.0 Å². The van der Waals surface area contributed by atoms with Crippen molar-refractivity contribution >= 4 is 11.6 Å². The van der Waals surface area contributed by atoms with E-state index in [4.69, 9.17) is 9.84 Å². The van der Waals surface area contributed by atoms with Crippen LogP contribution in [0.3, 0.4) is 0 Å². The highest BCUT2D eigenvalue weighted by Crippen LogP contribution is 2.32. The molecule has 1 aromatic rings. The summed E-state index contributed by atoms with van der Waals surface area (Å²) < 4.78 is 5.38. The smallest absolute Gasteiger partial charge is 0.264 e. The zero-order chi connectivity index (χ0) is 13.0. The van der Waals surface area contributed by atoms with Crippen molar-refractivity contribution in [3.8, 4) is 5.75 Å². The molecule has 0 saturated carbocycles. The first kappa shape index (κ1) is 12.9. The maximum absolute atomic E-state index is 11.5. The summed E-state index contributed by atoms with van der Waals surface area (Å²) in [6, 6.07) is 5.99. The molecule has 0 aliphatic carbocycles. The third kappa shape index (κ3) is 2.82. The molecule has 0 saturated heterocycles. The molecule has 1 N–H and O–H groups in total. The number of amides is 1. The number of unbranched alkanes of at least 4 members (excludes halogenated alkanes) is 2. The van der Waals surface area contributed by atoms with E-state index in [-0.39, 0.29) is 19.1 Å². The minimum atomic E-state index is -0.0140. The minimum absolute atomic E-state index is 0.0140. The Morgan fingerprint density at radius 1 is 1.33 bits per heavy atom. The van der Waals surface area contributed by atoms with E-state index in [9.17, 15) is 4.79 Å². The Kier molecular flexibility index (Phi) is 4.20. The molecule has 1 amide bonds. The van der Waals surface area contributed by atoms with E-state index in [2.05, 4.69) is 0 Å². The second-order valence-corrected chi connectivity index (χ2v) is 4.58. The molecule has 1 aromatic carbocycles. The van der Waals surface area contributed by atoms with Gasteiger partial charge in [-0.1, -0.05) is 12.5 Å². The van der Waals surface area contributed by atoms with Crippen molar-refractivity contribution < 1.29 is 14.6 Å². The van der Waals surface area contributed by atoms with E-state index in [0.717, 1.165) is 37.1 Å². The van der Waals surface area contributed by atoms with E-state index < -0.39 is 0 Å². The first-order valence-electron chi connectivity index (χ1n) is 6.35. The molecule has 0 atom stereocenters. The molecule has 4 heteroatoms. The molecule has 0 unspecified atom stereocenters. The van der Waals surface area contributed by atoms with Crippen LogP contribution in [0.1, 0.15) is 24.8 Å². The maximum atomic E-state index is 11.5. The maximum Gasteiger partial charge on any atom is 0.264 e. The van der Waals surface area contributed by atoms with Gasteiger partial charge in [-0.25, -0.2) is 0 Å². The van der Waals surface area contributed by atoms with Crippen LogP contribution >= 0.6 is 0 Å². The number of fused-ring (bicyclic) bond motifs is 1. The summed E-state index contributed by atoms with van der Waals surface area (Å²) in [6.07, 6.45) is 3.90. The van der Waals surface area contributed by atoms with Gasteiger partial charge < -0.3 is 14.7 Å². The fourth-order valence-electron chi connectivity index (χ4n) is 2.09. The van der Waals surface area contributed by atoms with Crippen molar-refractivity contribution in [2.24, 2.45) is 0 Å². The van der Waals surface area contributed by atoms with Crippen molar-refractivity contribution in [2.45, 2.75) is 25.7 Å². The van der Waals surface area contributed by atoms with Crippen LogP contribution in [-0.4, -0.2) is 31.3 Å². The third-order valence-corrected chi connectivity index (χ3v) is 3.23. The van der Waals surface area contributed by atoms with Gasteiger partial charge in [-0.2, -0.15) is 0 Å². The number of hydrogen-bond donors (Lipinski definition) is 1. The largest absolute Gasteiger partial charge is 0.482 e. The minimum Gasteiger partial charge on any atom is -0.482 e. The molecule has 1 aliphatic heterocycles. The number of aliphatic hydroxyl groups is 1. The van der Waals surface area contributed by atoms with Gasteiger partial charge in [0.2, 0.25) is 0 Å². The summed E-state index contributed by atoms with van der Waals surface area (Å²) >= 11 is 0. The van der Waals surface area contributed by atoms with Crippen molar-refractivity contribution in [1.29, 1.82) is 0 Å². The van der Waals surface area contributed by atoms with E-state index in [0.29, 0.717) is 0 Å². The topological polar surface area (TPSA) is 49.8 Å². The lowest BCUT2D eigenvalue weighted by Gasteiger charge is -2.26. The van der Waals surface area contributed by atoms with Gasteiger partial charge in [-0.3, -0.25) is 4.79 Å². The van der Waals surface area contributed by atoms with Crippen LogP contribution in [-0.2, 0) is 11.2 Å². The molecule has 0 spiro atoms. The summed E-state index contributed by atoms with van der Waals surface area (Å²) in [5, 5.41) is 8.72. The van der Waals surface area contributed by atoms with Gasteiger partial charge in [-0.15, -0.1) is 0 Å². The van der Waals surface area contributed by atoms with Crippen molar-refractivity contribution in [1.82, 2.24) is 0 Å². The zero-order valence-corrected chi connectivity index (χ0v) is 10.7. The average Bonchev–Trinajstić information content (AvgIpc) is 2.39. The van der Waals surface area contributed by atoms with Crippen LogP contribution in [0.15, 0.2) is 18.2 Å². The highest BCUT2D eigenvalue weighted by atomic mass is 16.5. The van der Waals surface area contributed by atoms with Crippen molar-refractivity contribution in [3.63, 3.8) is 0 Å². The van der Waals surface area contributed by atoms with Gasteiger partial charge >= 0.3 is 0 Å². The number of ether oxygens (including phenoxy) is 1. The van der Waals surface area contributed by atoms with Crippen LogP contribution in [0, 0.1) is 0 Å². The molecule has 0 fully saturated rings. The van der Waals surface area contributed by atoms with Gasteiger partial charge in [0.25, 0.3) is 5.91 Å². The predicted octanol–water partition coefficient (Wildman–Crippen LogP) is 1.75. The molecule has 1 aliphatic rings. The van der Waals surface area contributed by atoms with E-state index in [1.54, 1.807) is 11.9 Å². The number of aryl methyl sites for hydroxylation is 1. The second kappa shape index (κ2) is 5.87. The van der Waals surface area contributed by atoms with E-state index >= 15 is 0 Å². The summed E-state index contributed by atoms with van der Waals surface area (Å²) in [5.41, 5.74) is 2.06. The Labute approximate surface area is 107 Å². The lowest BCUT2D eigenvalue weighted by atomic mass is 10.1. The molecule has 0 bridgehead atoms. The van der Waals surface area contributed by atoms with Gasteiger partial charge in [0.1, 0.15) is 5.75 Å². The average molecular weight is 249 g/mol. The van der Waals surface area contributed by atoms with Gasteiger partial charge in [0.05, 0.1) is 5.69 Å². The first-order chi connectivity index (χ1) is 8.72. The Bertz CT molecular complexity index is 431. The lowest BCUT2D eigenvalue weighted by Crippen LogP contribution is -2.35. The molecule has 0 aromatic heterocycles. The van der Waals surface area contributed by atoms with Crippen LogP contribution in [0.25, 0.3) is 0 Å². The quantitative estimate of drug-likeness (QED) is 0.809. The molecule has 0 radical (unpaired) electrons. The Hall–Kier alpha value is -1.55. The van der Waals surface area contributed by atoms with Crippen molar-refractivity contribution in [3.05, 3.63) is 23.8 Å². The number of aliphatic hydroxyl groups excluding tert-OH is 1. The fourth-order valence-corrected chi connectivity index (χ4v) is 2.09. The second-order valence-electron chi connectivity index (χ2n) is 4.58. The zero-order valence-electron chi connectivity index (χ0n) is 10.7. The number of hydrogen-bond acceptors (Lipinski definition) is 3. The fraction of sp³-hybridized carbons (Fsp3) is 0.500. The molecule has 98 valence electrons. The molecule has 2 rings (SSSR count). The number of nitrogens with zero attached hydrogens (tertiary/aromatic N) is 1. The molecule has 1 heterocycles. The van der Waals surface area contributed by atoms with Crippen LogP contribution in [0.5, 0.6) is 5.75 Å². The molecule has 18 heavy (non-hydrogen) atoms. The highest BCUT2D eigenvalue weighted by Gasteiger charge is 2.21. The number of benzene rings is 1. The van der Waals surface area contributed by atoms with Crippen LogP contribution in [0.4, 0.5) is 5.69 Å². The SMILES string of the molecule is CN1C(=O)COc2ccc(CCCCCO)cc21. The summed E-state index contributed by atoms with van der Waals surface area (Å²) in [5.74, 6) is 0.760. The molecule has 4 nitrogen and oxygen atoms in total. The normalized spacial score (nSPS) is 14.3. The Balaban J connectivity index is 2.04. The van der Waals surface area contributed by atoms with Crippen LogP contribution in [0.2, 0.25) is 0 Å². The summed E-state index contributed by atoms with van der Waals surface area (Å²) in [4.78, 5) is 13.2. The number of rotatable bonds is 5. The summed E-state index contributed by atoms with van der Waals surface area (Å²) in [7, 11) is 1.78. The standard InChI is InChI=1S/C14H19NO3/c1-15-12-9-11(5-3-2-4-8-16)6-7-13(12)18-10-14(15)17/h6-7,9,16H,2-5,8,10H2,1H3.